The largest absolute Gasteiger partial charge is 0.453 e. The average molecular weight is 361 g/mol. The molecule has 6 nitrogen and oxygen atoms in total. The van der Waals surface area contributed by atoms with Crippen LogP contribution in [0.15, 0.2) is 23.1 Å². The normalized spacial score (nSPS) is 20.7. The smallest absolute Gasteiger partial charge is 0.411 e. The second-order valence-electron chi connectivity index (χ2n) is 5.76. The molecule has 1 saturated carbocycles. The second kappa shape index (κ2) is 7.07. The van der Waals surface area contributed by atoms with Crippen molar-refractivity contribution in [1.29, 1.82) is 0 Å². The van der Waals surface area contributed by atoms with E-state index in [1.54, 1.807) is 18.2 Å². The molecule has 1 saturated heterocycles. The Morgan fingerprint density at radius 2 is 2.04 bits per heavy atom. The Morgan fingerprint density at radius 3 is 2.61 bits per heavy atom. The Balaban J connectivity index is 0.00000192. The summed E-state index contributed by atoms with van der Waals surface area (Å²) in [5.74, 6) is 0. The van der Waals surface area contributed by atoms with E-state index in [9.17, 15) is 13.2 Å². The number of rotatable bonds is 4. The van der Waals surface area contributed by atoms with Crippen LogP contribution in [0.5, 0.6) is 0 Å². The number of carbonyl (C=O) groups is 1. The molecule has 2 fully saturated rings. The van der Waals surface area contributed by atoms with Crippen molar-refractivity contribution in [2.45, 2.75) is 41.9 Å². The van der Waals surface area contributed by atoms with Crippen molar-refractivity contribution in [3.8, 4) is 0 Å². The van der Waals surface area contributed by atoms with Crippen LogP contribution < -0.4 is 10.6 Å². The zero-order valence-electron chi connectivity index (χ0n) is 12.9. The van der Waals surface area contributed by atoms with E-state index in [4.69, 9.17) is 0 Å². The van der Waals surface area contributed by atoms with Gasteiger partial charge in [0.2, 0.25) is 0 Å². The predicted octanol–water partition coefficient (Wildman–Crippen LogP) is 2.65. The van der Waals surface area contributed by atoms with E-state index in [0.717, 1.165) is 37.8 Å². The van der Waals surface area contributed by atoms with Gasteiger partial charge in [-0.2, -0.15) is 0 Å². The number of benzene rings is 1. The molecule has 1 aromatic carbocycles. The lowest BCUT2D eigenvalue weighted by molar-refractivity contribution is 0.187. The Kier molecular flexibility index (Phi) is 5.54. The number of amides is 1. The van der Waals surface area contributed by atoms with Gasteiger partial charge in [-0.15, -0.1) is 12.4 Å². The first-order chi connectivity index (χ1) is 10.5. The molecular weight excluding hydrogens is 340 g/mol. The van der Waals surface area contributed by atoms with Gasteiger partial charge in [0, 0.05) is 11.7 Å². The summed E-state index contributed by atoms with van der Waals surface area (Å²) in [7, 11) is -1.98. The maximum Gasteiger partial charge on any atom is 0.411 e. The molecule has 0 radical (unpaired) electrons. The highest BCUT2D eigenvalue weighted by atomic mass is 35.5. The molecule has 0 spiro atoms. The molecule has 1 atom stereocenters. The molecule has 8 heteroatoms. The first-order valence-corrected chi connectivity index (χ1v) is 9.03. The number of carbonyl (C=O) groups excluding carboxylic acids is 1. The van der Waals surface area contributed by atoms with E-state index in [2.05, 4.69) is 15.4 Å². The van der Waals surface area contributed by atoms with Crippen LogP contribution in [0, 0.1) is 0 Å². The zero-order valence-corrected chi connectivity index (χ0v) is 14.5. The summed E-state index contributed by atoms with van der Waals surface area (Å²) >= 11 is 0. The van der Waals surface area contributed by atoms with Crippen molar-refractivity contribution in [1.82, 2.24) is 5.32 Å². The minimum Gasteiger partial charge on any atom is -0.453 e. The lowest BCUT2D eigenvalue weighted by Gasteiger charge is -2.17. The van der Waals surface area contributed by atoms with E-state index in [1.807, 2.05) is 0 Å². The standard InChI is InChI=1S/C15H20N2O4S.ClH/c1-21-15(18)17-10-4-7-14(22(19,20)11-5-6-11)12(9-10)13-3-2-8-16-13;/h4,7,9,11,13,16H,2-3,5-6,8H2,1H3,(H,17,18);1H/t13-;/m1./s1. The van der Waals surface area contributed by atoms with Crippen LogP contribution in [-0.4, -0.2) is 33.4 Å². The molecule has 3 rings (SSSR count). The van der Waals surface area contributed by atoms with Crippen molar-refractivity contribution < 1.29 is 17.9 Å². The summed E-state index contributed by atoms with van der Waals surface area (Å²) in [4.78, 5) is 11.7. The second-order valence-corrected chi connectivity index (χ2v) is 7.96. The third-order valence-corrected chi connectivity index (χ3v) is 6.48. The maximum absolute atomic E-state index is 12.6. The summed E-state index contributed by atoms with van der Waals surface area (Å²) in [6.07, 6.45) is 2.82. The van der Waals surface area contributed by atoms with E-state index < -0.39 is 15.9 Å². The summed E-state index contributed by atoms with van der Waals surface area (Å²) in [5, 5.41) is 5.68. The molecule has 0 aromatic heterocycles. The number of nitrogens with one attached hydrogen (secondary N) is 2. The Bertz CT molecular complexity index is 683. The first-order valence-electron chi connectivity index (χ1n) is 7.48. The lowest BCUT2D eigenvalue weighted by Crippen LogP contribution is -2.19. The number of methoxy groups -OCH3 is 1. The minimum absolute atomic E-state index is 0. The van der Waals surface area contributed by atoms with Gasteiger partial charge in [0.15, 0.2) is 9.84 Å². The van der Waals surface area contributed by atoms with Crippen LogP contribution in [0.4, 0.5) is 10.5 Å². The molecule has 1 aliphatic carbocycles. The van der Waals surface area contributed by atoms with Crippen molar-refractivity contribution in [2.24, 2.45) is 0 Å². The fourth-order valence-electron chi connectivity index (χ4n) is 2.83. The lowest BCUT2D eigenvalue weighted by atomic mass is 10.0. The van der Waals surface area contributed by atoms with Gasteiger partial charge >= 0.3 is 6.09 Å². The van der Waals surface area contributed by atoms with Crippen LogP contribution in [0.2, 0.25) is 0 Å². The molecule has 23 heavy (non-hydrogen) atoms. The van der Waals surface area contributed by atoms with E-state index in [1.165, 1.54) is 7.11 Å². The summed E-state index contributed by atoms with van der Waals surface area (Å²) in [5.41, 5.74) is 1.30. The predicted molar refractivity (Wildman–Crippen MR) is 89.9 cm³/mol. The topological polar surface area (TPSA) is 84.5 Å². The number of halogens is 1. The average Bonchev–Trinajstić information content (AvgIpc) is 3.23. The molecule has 2 N–H and O–H groups in total. The van der Waals surface area contributed by atoms with Crippen LogP contribution in [0.1, 0.15) is 37.3 Å². The minimum atomic E-state index is -3.27. The fraction of sp³-hybridized carbons (Fsp3) is 0.533. The Morgan fingerprint density at radius 1 is 1.30 bits per heavy atom. The number of ether oxygens (including phenoxy) is 1. The molecule has 1 aliphatic heterocycles. The van der Waals surface area contributed by atoms with Crippen LogP contribution in [0.3, 0.4) is 0 Å². The van der Waals surface area contributed by atoms with Gasteiger partial charge in [0.1, 0.15) is 0 Å². The number of hydrogen-bond acceptors (Lipinski definition) is 5. The summed E-state index contributed by atoms with van der Waals surface area (Å²) in [6, 6.07) is 4.98. The van der Waals surface area contributed by atoms with Crippen LogP contribution >= 0.6 is 12.4 Å². The summed E-state index contributed by atoms with van der Waals surface area (Å²) < 4.78 is 29.8. The van der Waals surface area contributed by atoms with Gasteiger partial charge < -0.3 is 10.1 Å². The quantitative estimate of drug-likeness (QED) is 0.862. The third-order valence-electron chi connectivity index (χ3n) is 4.15. The molecular formula is C15H21ClN2O4S. The molecule has 0 bridgehead atoms. The monoisotopic (exact) mass is 360 g/mol. The highest BCUT2D eigenvalue weighted by Gasteiger charge is 2.39. The highest BCUT2D eigenvalue weighted by molar-refractivity contribution is 7.92. The van der Waals surface area contributed by atoms with Crippen molar-refractivity contribution >= 4 is 34.0 Å². The number of sulfone groups is 1. The zero-order chi connectivity index (χ0) is 15.7. The first kappa shape index (κ1) is 18.0. The van der Waals surface area contributed by atoms with Gasteiger partial charge in [0.05, 0.1) is 17.3 Å². The van der Waals surface area contributed by atoms with Gasteiger partial charge in [-0.1, -0.05) is 0 Å². The Hall–Kier alpha value is -1.31. The molecule has 1 amide bonds. The highest BCUT2D eigenvalue weighted by Crippen LogP contribution is 2.38. The van der Waals surface area contributed by atoms with Gasteiger partial charge in [0.25, 0.3) is 0 Å². The van der Waals surface area contributed by atoms with E-state index in [0.29, 0.717) is 10.6 Å². The van der Waals surface area contributed by atoms with Crippen LogP contribution in [0.25, 0.3) is 0 Å². The van der Waals surface area contributed by atoms with Gasteiger partial charge in [-0.05, 0) is 56.0 Å². The van der Waals surface area contributed by atoms with Gasteiger partial charge in [-0.25, -0.2) is 13.2 Å². The molecule has 128 valence electrons. The third kappa shape index (κ3) is 3.79. The molecule has 0 unspecified atom stereocenters. The van der Waals surface area contributed by atoms with E-state index in [-0.39, 0.29) is 23.7 Å². The maximum atomic E-state index is 12.6. The summed E-state index contributed by atoms with van der Waals surface area (Å²) in [6.45, 7) is 0.877. The van der Waals surface area contributed by atoms with Crippen molar-refractivity contribution in [2.75, 3.05) is 19.0 Å². The fourth-order valence-corrected chi connectivity index (χ4v) is 4.74. The molecule has 1 aromatic rings. The van der Waals surface area contributed by atoms with Crippen LogP contribution in [-0.2, 0) is 14.6 Å². The van der Waals surface area contributed by atoms with E-state index >= 15 is 0 Å². The number of hydrogen-bond donors (Lipinski definition) is 2. The number of anilines is 1. The Labute approximate surface area is 142 Å². The van der Waals surface area contributed by atoms with Crippen molar-refractivity contribution in [3.63, 3.8) is 0 Å². The van der Waals surface area contributed by atoms with Gasteiger partial charge in [-0.3, -0.25) is 5.32 Å². The van der Waals surface area contributed by atoms with Crippen molar-refractivity contribution in [3.05, 3.63) is 23.8 Å². The SMILES string of the molecule is COC(=O)Nc1ccc(S(=O)(=O)C2CC2)c([C@H]2CCCN2)c1.Cl. The molecule has 1 heterocycles. The molecule has 2 aliphatic rings.